The summed E-state index contributed by atoms with van der Waals surface area (Å²) in [6, 6.07) is 0. The first-order valence-electron chi connectivity index (χ1n) is 7.39. The van der Waals surface area contributed by atoms with Crippen LogP contribution in [-0.4, -0.2) is 40.1 Å². The summed E-state index contributed by atoms with van der Waals surface area (Å²) in [5.74, 6) is 0. The van der Waals surface area contributed by atoms with Crippen molar-refractivity contribution in [1.82, 2.24) is 4.90 Å². The van der Waals surface area contributed by atoms with Crippen LogP contribution in [0, 0.1) is 0 Å². The molecule has 0 amide bonds. The van der Waals surface area contributed by atoms with Crippen LogP contribution in [0.3, 0.4) is 0 Å². The summed E-state index contributed by atoms with van der Waals surface area (Å²) in [4.78, 5) is 2.22. The SMILES string of the molecule is CCCCOC(=S)N(CCCC)CCCC.NC(O)=S. The van der Waals surface area contributed by atoms with Crippen LogP contribution >= 0.6 is 24.4 Å². The van der Waals surface area contributed by atoms with Gasteiger partial charge in [0.05, 0.1) is 6.61 Å². The van der Waals surface area contributed by atoms with Crippen LogP contribution < -0.4 is 5.73 Å². The second-order valence-corrected chi connectivity index (χ2v) is 5.27. The lowest BCUT2D eigenvalue weighted by atomic mass is 10.3. The van der Waals surface area contributed by atoms with E-state index < -0.39 is 5.17 Å². The molecule has 0 radical (unpaired) electrons. The van der Waals surface area contributed by atoms with E-state index in [0.29, 0.717) is 5.17 Å². The summed E-state index contributed by atoms with van der Waals surface area (Å²) >= 11 is 9.19. The van der Waals surface area contributed by atoms with Crippen molar-refractivity contribution in [2.45, 2.75) is 59.3 Å². The molecule has 4 nitrogen and oxygen atoms in total. The van der Waals surface area contributed by atoms with Gasteiger partial charge in [-0.1, -0.05) is 40.0 Å². The van der Waals surface area contributed by atoms with Gasteiger partial charge < -0.3 is 20.5 Å². The first-order valence-corrected chi connectivity index (χ1v) is 8.21. The normalized spacial score (nSPS) is 9.35. The van der Waals surface area contributed by atoms with Crippen molar-refractivity contribution in [3.8, 4) is 0 Å². The molecule has 0 saturated carbocycles. The number of ether oxygens (including phenoxy) is 1. The van der Waals surface area contributed by atoms with Crippen molar-refractivity contribution in [2.24, 2.45) is 5.73 Å². The van der Waals surface area contributed by atoms with Crippen LogP contribution in [-0.2, 0) is 4.74 Å². The Labute approximate surface area is 134 Å². The average Bonchev–Trinajstić information content (AvgIpc) is 2.38. The third-order valence-corrected chi connectivity index (χ3v) is 2.92. The van der Waals surface area contributed by atoms with Gasteiger partial charge in [0, 0.05) is 13.1 Å². The van der Waals surface area contributed by atoms with E-state index in [9.17, 15) is 0 Å². The first-order chi connectivity index (χ1) is 9.49. The summed E-state index contributed by atoms with van der Waals surface area (Å²) in [5, 5.41) is 7.77. The number of hydrogen-bond donors (Lipinski definition) is 2. The maximum atomic E-state index is 7.56. The van der Waals surface area contributed by atoms with Crippen molar-refractivity contribution < 1.29 is 9.84 Å². The summed E-state index contributed by atoms with van der Waals surface area (Å²) in [5.41, 5.74) is 4.40. The van der Waals surface area contributed by atoms with Crippen molar-refractivity contribution in [3.05, 3.63) is 0 Å². The van der Waals surface area contributed by atoms with Crippen molar-refractivity contribution in [2.75, 3.05) is 19.7 Å². The first kappa shape index (κ1) is 21.7. The monoisotopic (exact) mass is 322 g/mol. The van der Waals surface area contributed by atoms with E-state index >= 15 is 0 Å². The van der Waals surface area contributed by atoms with Gasteiger partial charge in [-0.15, -0.1) is 0 Å². The van der Waals surface area contributed by atoms with Crippen LogP contribution in [0.4, 0.5) is 0 Å². The topological polar surface area (TPSA) is 58.7 Å². The highest BCUT2D eigenvalue weighted by Crippen LogP contribution is 2.03. The minimum atomic E-state index is -0.500. The largest absolute Gasteiger partial charge is 0.487 e. The molecular formula is C14H30N2O2S2. The Hall–Kier alpha value is -0.620. The molecule has 0 aromatic heterocycles. The summed E-state index contributed by atoms with van der Waals surface area (Å²) < 4.78 is 5.60. The second-order valence-electron chi connectivity index (χ2n) is 4.50. The van der Waals surface area contributed by atoms with Crippen LogP contribution in [0.5, 0.6) is 0 Å². The van der Waals surface area contributed by atoms with Gasteiger partial charge in [0.25, 0.3) is 10.3 Å². The van der Waals surface area contributed by atoms with Gasteiger partial charge in [0.1, 0.15) is 0 Å². The van der Waals surface area contributed by atoms with E-state index in [1.807, 2.05) is 0 Å². The number of unbranched alkanes of at least 4 members (excludes halogenated alkanes) is 3. The van der Waals surface area contributed by atoms with Crippen LogP contribution in [0.2, 0.25) is 0 Å². The molecule has 0 saturated heterocycles. The summed E-state index contributed by atoms with van der Waals surface area (Å²) in [6.07, 6.45) is 7.06. The summed E-state index contributed by atoms with van der Waals surface area (Å²) in [6.45, 7) is 9.43. The van der Waals surface area contributed by atoms with E-state index in [0.717, 1.165) is 32.5 Å². The van der Waals surface area contributed by atoms with E-state index in [1.165, 1.54) is 25.7 Å². The predicted octanol–water partition coefficient (Wildman–Crippen LogP) is 3.78. The fourth-order valence-corrected chi connectivity index (χ4v) is 1.65. The quantitative estimate of drug-likeness (QED) is 0.498. The molecule has 120 valence electrons. The lowest BCUT2D eigenvalue weighted by molar-refractivity contribution is 0.234. The fourth-order valence-electron chi connectivity index (χ4n) is 1.39. The van der Waals surface area contributed by atoms with Crippen molar-refractivity contribution in [1.29, 1.82) is 0 Å². The number of nitrogens with zero attached hydrogens (tertiary/aromatic N) is 1. The van der Waals surface area contributed by atoms with E-state index in [4.69, 9.17) is 22.1 Å². The summed E-state index contributed by atoms with van der Waals surface area (Å²) in [7, 11) is 0. The molecule has 0 aliphatic rings. The molecule has 0 bridgehead atoms. The predicted molar refractivity (Wildman–Crippen MR) is 94.3 cm³/mol. The third kappa shape index (κ3) is 17.4. The molecule has 0 unspecified atom stereocenters. The minimum absolute atomic E-state index is 0.500. The number of hydrogen-bond acceptors (Lipinski definition) is 3. The van der Waals surface area contributed by atoms with Gasteiger partial charge in [-0.3, -0.25) is 0 Å². The smallest absolute Gasteiger partial charge is 0.259 e. The molecule has 0 fully saturated rings. The Morgan fingerprint density at radius 3 is 1.75 bits per heavy atom. The number of rotatable bonds is 9. The molecular weight excluding hydrogens is 292 g/mol. The molecule has 20 heavy (non-hydrogen) atoms. The molecule has 0 aliphatic carbocycles. The fraction of sp³-hybridized carbons (Fsp3) is 0.857. The Balaban J connectivity index is 0. The van der Waals surface area contributed by atoms with Gasteiger partial charge in [-0.25, -0.2) is 0 Å². The Morgan fingerprint density at radius 1 is 1.00 bits per heavy atom. The molecule has 0 aliphatic heterocycles. The van der Waals surface area contributed by atoms with Gasteiger partial charge in [-0.05, 0) is 43.7 Å². The highest BCUT2D eigenvalue weighted by Gasteiger charge is 2.09. The average molecular weight is 323 g/mol. The van der Waals surface area contributed by atoms with Crippen LogP contribution in [0.25, 0.3) is 0 Å². The van der Waals surface area contributed by atoms with Gasteiger partial charge in [-0.2, -0.15) is 0 Å². The van der Waals surface area contributed by atoms with Crippen LogP contribution in [0.15, 0.2) is 0 Å². The zero-order valence-electron chi connectivity index (χ0n) is 13.1. The number of nitrogens with two attached hydrogens (primary N) is 1. The van der Waals surface area contributed by atoms with Gasteiger partial charge >= 0.3 is 0 Å². The maximum Gasteiger partial charge on any atom is 0.259 e. The van der Waals surface area contributed by atoms with E-state index in [1.54, 1.807) is 0 Å². The van der Waals surface area contributed by atoms with E-state index in [2.05, 4.69) is 43.6 Å². The Bertz CT molecular complexity index is 239. The van der Waals surface area contributed by atoms with E-state index in [-0.39, 0.29) is 0 Å². The second kappa shape index (κ2) is 16.4. The Morgan fingerprint density at radius 2 is 1.40 bits per heavy atom. The lowest BCUT2D eigenvalue weighted by Crippen LogP contribution is -2.33. The van der Waals surface area contributed by atoms with Gasteiger partial charge in [0.15, 0.2) is 0 Å². The molecule has 0 heterocycles. The molecule has 6 heteroatoms. The minimum Gasteiger partial charge on any atom is -0.487 e. The van der Waals surface area contributed by atoms with Crippen molar-refractivity contribution >= 4 is 34.8 Å². The number of thiocarbonyl (C=S) groups is 2. The van der Waals surface area contributed by atoms with Crippen molar-refractivity contribution in [3.63, 3.8) is 0 Å². The molecule has 0 rings (SSSR count). The third-order valence-electron chi connectivity index (χ3n) is 2.54. The molecule has 3 N–H and O–H groups in total. The number of aliphatic hydroxyl groups is 1. The zero-order chi connectivity index (χ0) is 15.8. The molecule has 0 atom stereocenters. The lowest BCUT2D eigenvalue weighted by Gasteiger charge is -2.24. The highest BCUT2D eigenvalue weighted by atomic mass is 32.1. The molecule has 0 spiro atoms. The Kier molecular flexibility index (Phi) is 17.8. The van der Waals surface area contributed by atoms with Gasteiger partial charge in [0.2, 0.25) is 0 Å². The standard InChI is InChI=1S/C13H27NOS.CH3NOS/c1-4-7-10-14(11-8-5-2)13(16)15-12-9-6-3;2-1(3)4/h4-12H2,1-3H3;(H3,2,3,4). The zero-order valence-corrected chi connectivity index (χ0v) is 14.7. The molecule has 0 aromatic carbocycles. The number of aliphatic hydroxyl groups excluding tert-OH is 1. The highest BCUT2D eigenvalue weighted by molar-refractivity contribution is 7.80. The van der Waals surface area contributed by atoms with Crippen LogP contribution in [0.1, 0.15) is 59.3 Å². The maximum absolute atomic E-state index is 7.56. The molecule has 0 aromatic rings.